The summed E-state index contributed by atoms with van der Waals surface area (Å²) in [4.78, 5) is 31.6. The molecule has 184 valence electrons. The zero-order valence-corrected chi connectivity index (χ0v) is 20.3. The predicted molar refractivity (Wildman–Crippen MR) is 133 cm³/mol. The average molecular weight is 479 g/mol. The maximum atomic E-state index is 12.4. The summed E-state index contributed by atoms with van der Waals surface area (Å²) in [5.41, 5.74) is 2.59. The van der Waals surface area contributed by atoms with E-state index in [1.807, 2.05) is 18.2 Å². The molecule has 3 aromatic rings. The summed E-state index contributed by atoms with van der Waals surface area (Å²) in [5.74, 6) is 1.81. The number of fused-ring (bicyclic) bond motifs is 1. The third kappa shape index (κ3) is 4.59. The molecule has 0 radical (unpaired) electrons. The molecule has 0 unspecified atom stereocenters. The Labute approximate surface area is 204 Å². The van der Waals surface area contributed by atoms with E-state index in [9.17, 15) is 4.79 Å². The number of carbonyl (C=O) groups excluding carboxylic acids is 1. The van der Waals surface area contributed by atoms with Gasteiger partial charge >= 0.3 is 0 Å². The second kappa shape index (κ2) is 10.0. The summed E-state index contributed by atoms with van der Waals surface area (Å²) in [6, 6.07) is 9.60. The van der Waals surface area contributed by atoms with Gasteiger partial charge in [0.2, 0.25) is 5.95 Å². The van der Waals surface area contributed by atoms with Crippen LogP contribution in [0.3, 0.4) is 0 Å². The zero-order valence-electron chi connectivity index (χ0n) is 20.3. The Morgan fingerprint density at radius 1 is 1.06 bits per heavy atom. The fourth-order valence-electron chi connectivity index (χ4n) is 4.49. The smallest absolute Gasteiger partial charge is 0.254 e. The molecule has 1 atom stereocenters. The van der Waals surface area contributed by atoms with Crippen LogP contribution in [0.15, 0.2) is 30.3 Å². The Hall–Kier alpha value is -3.50. The predicted octanol–water partition coefficient (Wildman–Crippen LogP) is 2.12. The first-order valence-electron chi connectivity index (χ1n) is 11.9. The van der Waals surface area contributed by atoms with Crippen molar-refractivity contribution in [3.8, 4) is 17.0 Å². The Morgan fingerprint density at radius 3 is 2.60 bits per heavy atom. The van der Waals surface area contributed by atoms with Gasteiger partial charge in [0.15, 0.2) is 5.65 Å². The Morgan fingerprint density at radius 2 is 1.86 bits per heavy atom. The van der Waals surface area contributed by atoms with Crippen LogP contribution in [0.5, 0.6) is 5.75 Å². The lowest BCUT2D eigenvalue weighted by Gasteiger charge is -2.34. The van der Waals surface area contributed by atoms with Crippen LogP contribution in [-0.4, -0.2) is 87.1 Å². The van der Waals surface area contributed by atoms with Crippen LogP contribution in [0.4, 0.5) is 11.8 Å². The summed E-state index contributed by atoms with van der Waals surface area (Å²) in [7, 11) is 3.15. The lowest BCUT2D eigenvalue weighted by molar-refractivity contribution is 0.0960. The van der Waals surface area contributed by atoms with Crippen LogP contribution in [0.2, 0.25) is 0 Å². The average Bonchev–Trinajstić information content (AvgIpc) is 2.92. The Bertz CT molecular complexity index is 1230. The van der Waals surface area contributed by atoms with Gasteiger partial charge in [-0.3, -0.25) is 4.79 Å². The number of pyridine rings is 1. The highest BCUT2D eigenvalue weighted by Crippen LogP contribution is 2.31. The van der Waals surface area contributed by atoms with Gasteiger partial charge < -0.3 is 29.3 Å². The molecule has 4 heterocycles. The van der Waals surface area contributed by atoms with Crippen molar-refractivity contribution in [2.24, 2.45) is 0 Å². The van der Waals surface area contributed by atoms with E-state index in [1.54, 1.807) is 26.3 Å². The number of aromatic nitrogens is 3. The zero-order chi connectivity index (χ0) is 24.4. The van der Waals surface area contributed by atoms with Gasteiger partial charge in [-0.05, 0) is 37.3 Å². The maximum Gasteiger partial charge on any atom is 0.254 e. The molecule has 1 aromatic carbocycles. The molecule has 0 spiro atoms. The Balaban J connectivity index is 1.62. The lowest BCUT2D eigenvalue weighted by Crippen LogP contribution is -2.45. The fraction of sp³-hybridized carbons (Fsp3) is 0.440. The first-order valence-corrected chi connectivity index (χ1v) is 11.9. The van der Waals surface area contributed by atoms with E-state index in [4.69, 9.17) is 29.2 Å². The number of benzene rings is 1. The molecular formula is C25H30N6O4. The summed E-state index contributed by atoms with van der Waals surface area (Å²) in [6.45, 7) is 6.96. The summed E-state index contributed by atoms with van der Waals surface area (Å²) < 4.78 is 16.6. The van der Waals surface area contributed by atoms with Crippen LogP contribution in [0, 0.1) is 0 Å². The number of carbonyl (C=O) groups is 1. The molecule has 35 heavy (non-hydrogen) atoms. The first-order chi connectivity index (χ1) is 17.1. The van der Waals surface area contributed by atoms with Crippen molar-refractivity contribution in [1.82, 2.24) is 20.3 Å². The number of nitrogens with zero attached hydrogens (tertiary/aromatic N) is 5. The molecule has 0 aliphatic carbocycles. The van der Waals surface area contributed by atoms with Crippen molar-refractivity contribution >= 4 is 28.7 Å². The van der Waals surface area contributed by atoms with Gasteiger partial charge in [0.05, 0.1) is 56.2 Å². The van der Waals surface area contributed by atoms with E-state index >= 15 is 0 Å². The summed E-state index contributed by atoms with van der Waals surface area (Å²) >= 11 is 0. The van der Waals surface area contributed by atoms with Crippen molar-refractivity contribution < 1.29 is 19.0 Å². The number of hydrogen-bond donors (Lipinski definition) is 1. The number of nitrogens with one attached hydrogen (secondary N) is 1. The van der Waals surface area contributed by atoms with E-state index in [1.165, 1.54) is 0 Å². The summed E-state index contributed by atoms with van der Waals surface area (Å²) in [6.07, 6.45) is 0. The molecule has 1 N–H and O–H groups in total. The van der Waals surface area contributed by atoms with E-state index in [0.29, 0.717) is 49.3 Å². The van der Waals surface area contributed by atoms with Crippen LogP contribution < -0.4 is 19.9 Å². The monoisotopic (exact) mass is 478 g/mol. The van der Waals surface area contributed by atoms with E-state index < -0.39 is 0 Å². The molecule has 2 saturated heterocycles. The van der Waals surface area contributed by atoms with E-state index in [-0.39, 0.29) is 11.9 Å². The second-order valence-electron chi connectivity index (χ2n) is 8.63. The third-order valence-corrected chi connectivity index (χ3v) is 6.43. The minimum Gasteiger partial charge on any atom is -0.496 e. The molecule has 2 fully saturated rings. The second-order valence-corrected chi connectivity index (χ2v) is 8.63. The topological polar surface area (TPSA) is 102 Å². The van der Waals surface area contributed by atoms with Gasteiger partial charge in [0, 0.05) is 32.2 Å². The number of morpholine rings is 2. The maximum absolute atomic E-state index is 12.4. The molecule has 0 saturated carbocycles. The van der Waals surface area contributed by atoms with Crippen LogP contribution in [-0.2, 0) is 9.47 Å². The number of anilines is 2. The normalized spacial score (nSPS) is 18.5. The van der Waals surface area contributed by atoms with Crippen molar-refractivity contribution in [3.63, 3.8) is 0 Å². The van der Waals surface area contributed by atoms with Gasteiger partial charge in [-0.2, -0.15) is 9.97 Å². The van der Waals surface area contributed by atoms with Gasteiger partial charge in [-0.1, -0.05) is 0 Å². The van der Waals surface area contributed by atoms with Gasteiger partial charge in [0.25, 0.3) is 5.91 Å². The largest absolute Gasteiger partial charge is 0.496 e. The molecule has 1 amide bonds. The minimum absolute atomic E-state index is 0.165. The van der Waals surface area contributed by atoms with Crippen molar-refractivity contribution in [2.75, 3.05) is 70.0 Å². The van der Waals surface area contributed by atoms with Crippen molar-refractivity contribution in [2.45, 2.75) is 13.0 Å². The fourth-order valence-corrected chi connectivity index (χ4v) is 4.49. The van der Waals surface area contributed by atoms with E-state index in [0.717, 1.165) is 42.1 Å². The van der Waals surface area contributed by atoms with Gasteiger partial charge in [0.1, 0.15) is 11.6 Å². The molecule has 10 heteroatoms. The van der Waals surface area contributed by atoms with E-state index in [2.05, 4.69) is 22.0 Å². The number of amides is 1. The molecule has 2 aromatic heterocycles. The highest BCUT2D eigenvalue weighted by molar-refractivity contribution is 5.98. The van der Waals surface area contributed by atoms with Crippen molar-refractivity contribution in [3.05, 3.63) is 35.9 Å². The number of rotatable bonds is 5. The molecule has 10 nitrogen and oxygen atoms in total. The van der Waals surface area contributed by atoms with Crippen LogP contribution in [0.1, 0.15) is 17.3 Å². The number of hydrogen-bond acceptors (Lipinski definition) is 9. The third-order valence-electron chi connectivity index (χ3n) is 6.43. The van der Waals surface area contributed by atoms with Crippen LogP contribution >= 0.6 is 0 Å². The first kappa shape index (κ1) is 23.3. The SMILES string of the molecule is CNC(=O)c1cc(-c2ccc3c(N4CCOCC4)nc(N4CCOC[C@@H]4C)nc3n2)ccc1OC. The molecular weight excluding hydrogens is 448 g/mol. The highest BCUT2D eigenvalue weighted by atomic mass is 16.5. The standard InChI is InChI=1S/C25H30N6O4/c1-16-15-35-13-10-31(16)25-28-22-18(23(29-25)30-8-11-34-12-9-30)5-6-20(27-22)17-4-7-21(33-3)19(14-17)24(32)26-2/h4-7,14,16H,8-13,15H2,1-3H3,(H,26,32)/t16-/m0/s1. The molecule has 2 aliphatic rings. The van der Waals surface area contributed by atoms with Crippen LogP contribution in [0.25, 0.3) is 22.3 Å². The van der Waals surface area contributed by atoms with Gasteiger partial charge in [-0.25, -0.2) is 4.98 Å². The number of ether oxygens (including phenoxy) is 3. The van der Waals surface area contributed by atoms with Gasteiger partial charge in [-0.15, -0.1) is 0 Å². The minimum atomic E-state index is -0.218. The molecule has 2 aliphatic heterocycles. The lowest BCUT2D eigenvalue weighted by atomic mass is 10.1. The van der Waals surface area contributed by atoms with Crippen molar-refractivity contribution in [1.29, 1.82) is 0 Å². The highest BCUT2D eigenvalue weighted by Gasteiger charge is 2.25. The quantitative estimate of drug-likeness (QED) is 0.591. The number of methoxy groups -OCH3 is 1. The molecule has 5 rings (SSSR count). The Kier molecular flexibility index (Phi) is 6.65. The summed E-state index contributed by atoms with van der Waals surface area (Å²) in [5, 5.41) is 3.55. The molecule has 0 bridgehead atoms.